The molecule has 0 amide bonds. The largest absolute Gasteiger partial charge is 0.421 e. The Balaban J connectivity index is 2.53. The summed E-state index contributed by atoms with van der Waals surface area (Å²) in [6.07, 6.45) is -3.81. The van der Waals surface area contributed by atoms with Crippen LogP contribution < -0.4 is 5.73 Å². The van der Waals surface area contributed by atoms with Crippen LogP contribution in [0.2, 0.25) is 0 Å². The highest BCUT2D eigenvalue weighted by molar-refractivity contribution is 5.63. The predicted octanol–water partition coefficient (Wildman–Crippen LogP) is 3.87. The van der Waals surface area contributed by atoms with Gasteiger partial charge in [0.1, 0.15) is 11.4 Å². The Hall–Kier alpha value is -2.11. The van der Waals surface area contributed by atoms with Gasteiger partial charge in [-0.25, -0.2) is 9.97 Å². The van der Waals surface area contributed by atoms with Crippen LogP contribution in [-0.2, 0) is 6.18 Å². The second kappa shape index (κ2) is 5.11. The van der Waals surface area contributed by atoms with Crippen molar-refractivity contribution >= 4 is 5.82 Å². The maximum atomic E-state index is 12.6. The van der Waals surface area contributed by atoms with Crippen molar-refractivity contribution in [2.45, 2.75) is 25.9 Å². The molecule has 106 valence electrons. The minimum atomic E-state index is -4.54. The number of nitrogen functional groups attached to an aromatic ring is 1. The number of anilines is 1. The quantitative estimate of drug-likeness (QED) is 0.909. The number of hydrogen-bond donors (Lipinski definition) is 1. The van der Waals surface area contributed by atoms with E-state index in [-0.39, 0.29) is 11.7 Å². The Kier molecular flexibility index (Phi) is 3.65. The predicted molar refractivity (Wildman–Crippen MR) is 71.0 cm³/mol. The molecule has 0 aliphatic carbocycles. The monoisotopic (exact) mass is 281 g/mol. The van der Waals surface area contributed by atoms with Gasteiger partial charge >= 0.3 is 6.18 Å². The zero-order chi connectivity index (χ0) is 14.9. The van der Waals surface area contributed by atoms with Crippen molar-refractivity contribution in [3.8, 4) is 11.4 Å². The summed E-state index contributed by atoms with van der Waals surface area (Å²) in [7, 11) is 0. The molecule has 0 unspecified atom stereocenters. The zero-order valence-corrected chi connectivity index (χ0v) is 11.1. The molecule has 0 fully saturated rings. The van der Waals surface area contributed by atoms with E-state index in [0.717, 1.165) is 11.8 Å². The first-order valence-electron chi connectivity index (χ1n) is 6.09. The number of aromatic nitrogens is 2. The van der Waals surface area contributed by atoms with Gasteiger partial charge in [-0.2, -0.15) is 13.2 Å². The summed E-state index contributed by atoms with van der Waals surface area (Å²) in [5.74, 6) is -0.140. The minimum absolute atomic E-state index is 0.207. The summed E-state index contributed by atoms with van der Waals surface area (Å²) in [5.41, 5.74) is 6.05. The topological polar surface area (TPSA) is 51.8 Å². The first-order chi connectivity index (χ1) is 9.30. The van der Waals surface area contributed by atoms with Crippen LogP contribution in [0.3, 0.4) is 0 Å². The fourth-order valence-electron chi connectivity index (χ4n) is 1.95. The van der Waals surface area contributed by atoms with E-state index in [9.17, 15) is 13.2 Å². The minimum Gasteiger partial charge on any atom is -0.383 e. The van der Waals surface area contributed by atoms with E-state index in [2.05, 4.69) is 9.97 Å². The highest BCUT2D eigenvalue weighted by Gasteiger charge is 2.34. The summed E-state index contributed by atoms with van der Waals surface area (Å²) in [6.45, 7) is 3.98. The van der Waals surface area contributed by atoms with Crippen molar-refractivity contribution in [2.24, 2.45) is 0 Å². The lowest BCUT2D eigenvalue weighted by Crippen LogP contribution is -2.12. The van der Waals surface area contributed by atoms with Crippen molar-refractivity contribution in [1.82, 2.24) is 9.97 Å². The lowest BCUT2D eigenvalue weighted by molar-refractivity contribution is -0.137. The SMILES string of the molecule is CC(C)c1ccccc1-c1ncc(C(F)(F)F)c(N)n1. The molecule has 0 aliphatic heterocycles. The fourth-order valence-corrected chi connectivity index (χ4v) is 1.95. The smallest absolute Gasteiger partial charge is 0.383 e. The molecular formula is C14H14F3N3. The van der Waals surface area contributed by atoms with Gasteiger partial charge in [-0.3, -0.25) is 0 Å². The number of benzene rings is 1. The average Bonchev–Trinajstić information content (AvgIpc) is 2.37. The van der Waals surface area contributed by atoms with E-state index in [1.165, 1.54) is 0 Å². The molecule has 0 radical (unpaired) electrons. The summed E-state index contributed by atoms with van der Waals surface area (Å²) in [5, 5.41) is 0. The molecule has 6 heteroatoms. The molecule has 0 atom stereocenters. The van der Waals surface area contributed by atoms with E-state index in [0.29, 0.717) is 5.56 Å². The maximum Gasteiger partial charge on any atom is 0.421 e. The number of halogens is 3. The van der Waals surface area contributed by atoms with Gasteiger partial charge in [-0.15, -0.1) is 0 Å². The molecule has 0 spiro atoms. The number of hydrogen-bond acceptors (Lipinski definition) is 3. The summed E-state index contributed by atoms with van der Waals surface area (Å²) in [6, 6.07) is 7.33. The Morgan fingerprint density at radius 3 is 2.35 bits per heavy atom. The maximum absolute atomic E-state index is 12.6. The van der Waals surface area contributed by atoms with Crippen LogP contribution in [0.25, 0.3) is 11.4 Å². The third kappa shape index (κ3) is 2.74. The van der Waals surface area contributed by atoms with Crippen LogP contribution in [0.1, 0.15) is 30.9 Å². The second-order valence-electron chi connectivity index (χ2n) is 4.73. The Morgan fingerprint density at radius 1 is 1.15 bits per heavy atom. The van der Waals surface area contributed by atoms with Crippen molar-refractivity contribution in [1.29, 1.82) is 0 Å². The summed E-state index contributed by atoms with van der Waals surface area (Å²) in [4.78, 5) is 7.61. The van der Waals surface area contributed by atoms with E-state index >= 15 is 0 Å². The van der Waals surface area contributed by atoms with Crippen molar-refractivity contribution < 1.29 is 13.2 Å². The van der Waals surface area contributed by atoms with E-state index in [4.69, 9.17) is 5.73 Å². The lowest BCUT2D eigenvalue weighted by atomic mass is 9.97. The molecule has 2 rings (SSSR count). The second-order valence-corrected chi connectivity index (χ2v) is 4.73. The lowest BCUT2D eigenvalue weighted by Gasteiger charge is -2.13. The standard InChI is InChI=1S/C14H14F3N3/c1-8(2)9-5-3-4-6-10(9)13-19-7-11(12(18)20-13)14(15,16)17/h3-8H,1-2H3,(H2,18,19,20). The first-order valence-corrected chi connectivity index (χ1v) is 6.09. The molecule has 1 aromatic heterocycles. The van der Waals surface area contributed by atoms with Crippen molar-refractivity contribution in [3.63, 3.8) is 0 Å². The highest BCUT2D eigenvalue weighted by atomic mass is 19.4. The van der Waals surface area contributed by atoms with Crippen LogP contribution in [0.5, 0.6) is 0 Å². The normalized spacial score (nSPS) is 11.9. The third-order valence-corrected chi connectivity index (χ3v) is 2.95. The molecular weight excluding hydrogens is 267 g/mol. The van der Waals surface area contributed by atoms with Gasteiger partial charge in [0.25, 0.3) is 0 Å². The van der Waals surface area contributed by atoms with Crippen LogP contribution >= 0.6 is 0 Å². The summed E-state index contributed by atoms with van der Waals surface area (Å²) < 4.78 is 37.9. The molecule has 2 aromatic rings. The Morgan fingerprint density at radius 2 is 1.80 bits per heavy atom. The molecule has 3 nitrogen and oxygen atoms in total. The van der Waals surface area contributed by atoms with Gasteiger partial charge in [0.05, 0.1) is 0 Å². The molecule has 2 N–H and O–H groups in total. The van der Waals surface area contributed by atoms with Crippen LogP contribution in [0, 0.1) is 0 Å². The van der Waals surface area contributed by atoms with Crippen LogP contribution in [0.4, 0.5) is 19.0 Å². The molecule has 1 heterocycles. The molecule has 1 aromatic carbocycles. The number of rotatable bonds is 2. The van der Waals surface area contributed by atoms with Gasteiger partial charge in [0.15, 0.2) is 5.82 Å². The number of nitrogens with zero attached hydrogens (tertiary/aromatic N) is 2. The number of alkyl halides is 3. The van der Waals surface area contributed by atoms with E-state index in [1.807, 2.05) is 26.0 Å². The van der Waals surface area contributed by atoms with Gasteiger partial charge < -0.3 is 5.73 Å². The molecule has 0 saturated carbocycles. The van der Waals surface area contributed by atoms with Gasteiger partial charge in [0.2, 0.25) is 0 Å². The molecule has 0 bridgehead atoms. The van der Waals surface area contributed by atoms with Gasteiger partial charge in [0, 0.05) is 11.8 Å². The molecule has 0 saturated heterocycles. The number of nitrogens with two attached hydrogens (primary N) is 1. The van der Waals surface area contributed by atoms with Crippen molar-refractivity contribution in [3.05, 3.63) is 41.6 Å². The van der Waals surface area contributed by atoms with E-state index in [1.54, 1.807) is 12.1 Å². The fraction of sp³-hybridized carbons (Fsp3) is 0.286. The van der Waals surface area contributed by atoms with Gasteiger partial charge in [-0.1, -0.05) is 38.1 Å². The average molecular weight is 281 g/mol. The zero-order valence-electron chi connectivity index (χ0n) is 11.1. The summed E-state index contributed by atoms with van der Waals surface area (Å²) >= 11 is 0. The Labute approximate surface area is 114 Å². The molecule has 0 aliphatic rings. The highest BCUT2D eigenvalue weighted by Crippen LogP contribution is 2.34. The van der Waals surface area contributed by atoms with Crippen LogP contribution in [0.15, 0.2) is 30.5 Å². The third-order valence-electron chi connectivity index (χ3n) is 2.95. The van der Waals surface area contributed by atoms with Gasteiger partial charge in [-0.05, 0) is 11.5 Å². The Bertz CT molecular complexity index is 621. The van der Waals surface area contributed by atoms with E-state index < -0.39 is 17.6 Å². The first kappa shape index (κ1) is 14.3. The molecule has 20 heavy (non-hydrogen) atoms. The van der Waals surface area contributed by atoms with Crippen molar-refractivity contribution in [2.75, 3.05) is 5.73 Å². The van der Waals surface area contributed by atoms with Crippen LogP contribution in [-0.4, -0.2) is 9.97 Å².